The first kappa shape index (κ1) is 14.6. The van der Waals surface area contributed by atoms with Crippen LogP contribution in [0, 0.1) is 0 Å². The number of anilines is 1. The Morgan fingerprint density at radius 2 is 1.83 bits per heavy atom. The lowest BCUT2D eigenvalue weighted by molar-refractivity contribution is -0.118. The van der Waals surface area contributed by atoms with Crippen molar-refractivity contribution in [1.29, 1.82) is 0 Å². The van der Waals surface area contributed by atoms with E-state index >= 15 is 0 Å². The third-order valence-electron chi connectivity index (χ3n) is 2.10. The molecule has 0 unspecified atom stereocenters. The number of nitrogens with one attached hydrogen (secondary N) is 2. The average Bonchev–Trinajstić information content (AvgIpc) is 2.30. The molecule has 0 bridgehead atoms. The Labute approximate surface area is 115 Å². The summed E-state index contributed by atoms with van der Waals surface area (Å²) in [5.74, 6) is -0.478. The van der Waals surface area contributed by atoms with Gasteiger partial charge in [-0.05, 0) is 12.1 Å². The number of rotatable bonds is 4. The van der Waals surface area contributed by atoms with E-state index in [4.69, 9.17) is 28.9 Å². The zero-order valence-corrected chi connectivity index (χ0v) is 11.2. The van der Waals surface area contributed by atoms with Crippen LogP contribution in [0.15, 0.2) is 12.1 Å². The summed E-state index contributed by atoms with van der Waals surface area (Å²) < 4.78 is 0. The summed E-state index contributed by atoms with van der Waals surface area (Å²) in [5.41, 5.74) is 6.17. The molecule has 0 aromatic heterocycles. The summed E-state index contributed by atoms with van der Waals surface area (Å²) in [4.78, 5) is 22.3. The first-order valence-corrected chi connectivity index (χ1v) is 5.94. The van der Waals surface area contributed by atoms with Crippen molar-refractivity contribution in [2.45, 2.75) is 6.92 Å². The zero-order valence-electron chi connectivity index (χ0n) is 9.72. The van der Waals surface area contributed by atoms with Crippen molar-refractivity contribution < 1.29 is 9.59 Å². The van der Waals surface area contributed by atoms with Gasteiger partial charge in [0, 0.05) is 25.6 Å². The van der Waals surface area contributed by atoms with Crippen LogP contribution < -0.4 is 16.4 Å². The molecule has 0 radical (unpaired) electrons. The largest absolute Gasteiger partial charge is 0.397 e. The molecule has 0 aliphatic heterocycles. The van der Waals surface area contributed by atoms with E-state index in [-0.39, 0.29) is 27.5 Å². The molecular weight excluding hydrogens is 277 g/mol. The summed E-state index contributed by atoms with van der Waals surface area (Å²) >= 11 is 11.6. The van der Waals surface area contributed by atoms with Gasteiger partial charge in [0.1, 0.15) is 0 Å². The smallest absolute Gasteiger partial charge is 0.251 e. The van der Waals surface area contributed by atoms with Gasteiger partial charge in [0.2, 0.25) is 5.91 Å². The summed E-state index contributed by atoms with van der Waals surface area (Å²) in [6.07, 6.45) is 0. The van der Waals surface area contributed by atoms with E-state index < -0.39 is 0 Å². The average molecular weight is 290 g/mol. The van der Waals surface area contributed by atoms with Gasteiger partial charge in [0.05, 0.1) is 15.7 Å². The number of halogens is 2. The molecule has 1 aromatic rings. The van der Waals surface area contributed by atoms with Crippen LogP contribution in [0.3, 0.4) is 0 Å². The van der Waals surface area contributed by atoms with Crippen LogP contribution in [-0.4, -0.2) is 24.9 Å². The quantitative estimate of drug-likeness (QED) is 0.579. The first-order valence-electron chi connectivity index (χ1n) is 5.19. The van der Waals surface area contributed by atoms with Gasteiger partial charge in [-0.25, -0.2) is 0 Å². The molecule has 0 saturated heterocycles. The predicted molar refractivity (Wildman–Crippen MR) is 71.9 cm³/mol. The van der Waals surface area contributed by atoms with E-state index in [1.807, 2.05) is 0 Å². The molecule has 0 aliphatic carbocycles. The van der Waals surface area contributed by atoms with Crippen LogP contribution in [0.2, 0.25) is 10.0 Å². The third kappa shape index (κ3) is 4.09. The number of nitrogen functional groups attached to an aromatic ring is 1. The number of hydrogen-bond acceptors (Lipinski definition) is 3. The van der Waals surface area contributed by atoms with Gasteiger partial charge >= 0.3 is 0 Å². The Morgan fingerprint density at radius 3 is 2.39 bits per heavy atom. The van der Waals surface area contributed by atoms with E-state index in [2.05, 4.69) is 10.6 Å². The molecule has 0 spiro atoms. The van der Waals surface area contributed by atoms with Gasteiger partial charge < -0.3 is 16.4 Å². The topological polar surface area (TPSA) is 84.2 Å². The Morgan fingerprint density at radius 1 is 1.22 bits per heavy atom. The van der Waals surface area contributed by atoms with Crippen molar-refractivity contribution in [2.75, 3.05) is 18.8 Å². The lowest BCUT2D eigenvalue weighted by Gasteiger charge is -2.08. The zero-order chi connectivity index (χ0) is 13.7. The molecule has 98 valence electrons. The number of amides is 2. The van der Waals surface area contributed by atoms with Crippen LogP contribution in [0.25, 0.3) is 0 Å². The van der Waals surface area contributed by atoms with Crippen molar-refractivity contribution in [3.05, 3.63) is 27.7 Å². The third-order valence-corrected chi connectivity index (χ3v) is 2.92. The summed E-state index contributed by atoms with van der Waals surface area (Å²) in [7, 11) is 0. The second-order valence-corrected chi connectivity index (χ2v) is 4.39. The number of benzene rings is 1. The van der Waals surface area contributed by atoms with Crippen molar-refractivity contribution in [3.63, 3.8) is 0 Å². The molecule has 1 rings (SSSR count). The van der Waals surface area contributed by atoms with Gasteiger partial charge in [-0.1, -0.05) is 23.2 Å². The molecule has 0 saturated carbocycles. The molecule has 18 heavy (non-hydrogen) atoms. The minimum absolute atomic E-state index is 0.150. The molecular formula is C11H13Cl2N3O2. The molecule has 0 aliphatic rings. The highest BCUT2D eigenvalue weighted by Crippen LogP contribution is 2.29. The molecule has 0 heterocycles. The second-order valence-electron chi connectivity index (χ2n) is 3.60. The SMILES string of the molecule is CC(=O)NCCNC(=O)c1cc(N)c(Cl)c(Cl)c1. The van der Waals surface area contributed by atoms with E-state index in [1.165, 1.54) is 19.1 Å². The first-order chi connectivity index (χ1) is 8.41. The second kappa shape index (κ2) is 6.47. The van der Waals surface area contributed by atoms with E-state index in [0.29, 0.717) is 18.7 Å². The lowest BCUT2D eigenvalue weighted by Crippen LogP contribution is -2.33. The van der Waals surface area contributed by atoms with Gasteiger partial charge in [-0.3, -0.25) is 9.59 Å². The Bertz CT molecular complexity index is 454. The molecule has 7 heteroatoms. The van der Waals surface area contributed by atoms with E-state index in [0.717, 1.165) is 0 Å². The maximum Gasteiger partial charge on any atom is 0.251 e. The highest BCUT2D eigenvalue weighted by Gasteiger charge is 2.10. The van der Waals surface area contributed by atoms with E-state index in [9.17, 15) is 9.59 Å². The van der Waals surface area contributed by atoms with Gasteiger partial charge in [-0.2, -0.15) is 0 Å². The summed E-state index contributed by atoms with van der Waals surface area (Å²) in [6.45, 7) is 2.08. The van der Waals surface area contributed by atoms with Gasteiger partial charge in [-0.15, -0.1) is 0 Å². The monoisotopic (exact) mass is 289 g/mol. The summed E-state index contributed by atoms with van der Waals surface area (Å²) in [6, 6.07) is 2.88. The maximum atomic E-state index is 11.7. The Kier molecular flexibility index (Phi) is 5.25. The Hall–Kier alpha value is -1.46. The predicted octanol–water partition coefficient (Wildman–Crippen LogP) is 1.44. The fraction of sp³-hybridized carbons (Fsp3) is 0.273. The highest BCUT2D eigenvalue weighted by molar-refractivity contribution is 6.43. The number of carbonyl (C=O) groups excluding carboxylic acids is 2. The standard InChI is InChI=1S/C11H13Cl2N3O2/c1-6(17)15-2-3-16-11(18)7-4-8(12)10(13)9(14)5-7/h4-5H,2-3,14H2,1H3,(H,15,17)(H,16,18). The van der Waals surface area contributed by atoms with Crippen LogP contribution in [0.4, 0.5) is 5.69 Å². The Balaban J connectivity index is 2.59. The van der Waals surface area contributed by atoms with Crippen LogP contribution in [-0.2, 0) is 4.79 Å². The van der Waals surface area contributed by atoms with Crippen molar-refractivity contribution >= 4 is 40.7 Å². The van der Waals surface area contributed by atoms with E-state index in [1.54, 1.807) is 0 Å². The minimum atomic E-state index is -0.328. The number of nitrogens with two attached hydrogens (primary N) is 1. The molecule has 0 fully saturated rings. The lowest BCUT2D eigenvalue weighted by atomic mass is 10.2. The number of carbonyl (C=O) groups is 2. The molecule has 5 nitrogen and oxygen atoms in total. The molecule has 2 amide bonds. The van der Waals surface area contributed by atoms with Gasteiger partial charge in [0.25, 0.3) is 5.91 Å². The number of hydrogen-bond donors (Lipinski definition) is 3. The van der Waals surface area contributed by atoms with Crippen LogP contribution in [0.1, 0.15) is 17.3 Å². The van der Waals surface area contributed by atoms with Crippen molar-refractivity contribution in [2.24, 2.45) is 0 Å². The minimum Gasteiger partial charge on any atom is -0.397 e. The van der Waals surface area contributed by atoms with Crippen molar-refractivity contribution in [1.82, 2.24) is 10.6 Å². The normalized spacial score (nSPS) is 9.94. The fourth-order valence-electron chi connectivity index (χ4n) is 1.26. The van der Waals surface area contributed by atoms with Crippen molar-refractivity contribution in [3.8, 4) is 0 Å². The maximum absolute atomic E-state index is 11.7. The molecule has 0 atom stereocenters. The fourth-order valence-corrected chi connectivity index (χ4v) is 1.59. The van der Waals surface area contributed by atoms with Crippen LogP contribution in [0.5, 0.6) is 0 Å². The van der Waals surface area contributed by atoms with Crippen LogP contribution >= 0.6 is 23.2 Å². The molecule has 4 N–H and O–H groups in total. The molecule has 1 aromatic carbocycles. The summed E-state index contributed by atoms with van der Waals surface area (Å²) in [5, 5.41) is 5.63. The highest BCUT2D eigenvalue weighted by atomic mass is 35.5. The van der Waals surface area contributed by atoms with Gasteiger partial charge in [0.15, 0.2) is 0 Å².